The van der Waals surface area contributed by atoms with Gasteiger partial charge in [-0.1, -0.05) is 48.0 Å². The van der Waals surface area contributed by atoms with Crippen molar-refractivity contribution in [3.63, 3.8) is 0 Å². The van der Waals surface area contributed by atoms with Crippen LogP contribution in [0, 0.1) is 11.8 Å². The maximum atomic E-state index is 13.1. The molecular weight excluding hydrogens is 432 g/mol. The van der Waals surface area contributed by atoms with E-state index >= 15 is 0 Å². The van der Waals surface area contributed by atoms with Gasteiger partial charge in [-0.25, -0.2) is 4.98 Å². The van der Waals surface area contributed by atoms with E-state index in [0.29, 0.717) is 34.3 Å². The lowest BCUT2D eigenvalue weighted by atomic mass is 9.81. The van der Waals surface area contributed by atoms with Crippen molar-refractivity contribution in [2.75, 3.05) is 23.7 Å². The van der Waals surface area contributed by atoms with Crippen LogP contribution in [-0.2, 0) is 12.8 Å². The molecule has 3 N–H and O–H groups in total. The molecule has 0 saturated carbocycles. The first-order valence-corrected chi connectivity index (χ1v) is 12.1. The van der Waals surface area contributed by atoms with Crippen molar-refractivity contribution >= 4 is 29.0 Å². The average molecular weight is 461 g/mol. The molecule has 1 unspecified atom stereocenters. The van der Waals surface area contributed by atoms with E-state index in [-0.39, 0.29) is 5.91 Å². The van der Waals surface area contributed by atoms with Gasteiger partial charge in [0.05, 0.1) is 10.6 Å². The lowest BCUT2D eigenvalue weighted by Gasteiger charge is -2.36. The van der Waals surface area contributed by atoms with Crippen LogP contribution in [0.4, 0.5) is 11.5 Å². The summed E-state index contributed by atoms with van der Waals surface area (Å²) in [5.74, 6) is 1.39. The van der Waals surface area contributed by atoms with Gasteiger partial charge in [0.15, 0.2) is 0 Å². The summed E-state index contributed by atoms with van der Waals surface area (Å²) in [6, 6.07) is 20.3. The number of nitrogens with zero attached hydrogens (tertiary/aromatic N) is 1. The normalized spacial score (nSPS) is 17.4. The predicted molar refractivity (Wildman–Crippen MR) is 134 cm³/mol. The maximum Gasteiger partial charge on any atom is 0.258 e. The molecule has 0 radical (unpaired) electrons. The van der Waals surface area contributed by atoms with Gasteiger partial charge < -0.3 is 16.0 Å². The van der Waals surface area contributed by atoms with Crippen molar-refractivity contribution in [2.45, 2.75) is 31.7 Å². The Morgan fingerprint density at radius 2 is 1.64 bits per heavy atom. The van der Waals surface area contributed by atoms with E-state index < -0.39 is 0 Å². The van der Waals surface area contributed by atoms with Crippen LogP contribution in [0.25, 0.3) is 0 Å². The average Bonchev–Trinajstić information content (AvgIpc) is 3.28. The number of aromatic nitrogens is 1. The molecule has 1 atom stereocenters. The minimum absolute atomic E-state index is 0.174. The zero-order chi connectivity index (χ0) is 22.6. The Balaban J connectivity index is 1.39. The van der Waals surface area contributed by atoms with Gasteiger partial charge >= 0.3 is 0 Å². The summed E-state index contributed by atoms with van der Waals surface area (Å²) in [6.07, 6.45) is 6.00. The lowest BCUT2D eigenvalue weighted by Crippen LogP contribution is -2.42. The smallest absolute Gasteiger partial charge is 0.258 e. The molecule has 170 valence electrons. The van der Waals surface area contributed by atoms with Crippen molar-refractivity contribution in [3.8, 4) is 0 Å². The van der Waals surface area contributed by atoms with Crippen LogP contribution in [0.1, 0.15) is 34.3 Å². The fourth-order valence-corrected chi connectivity index (χ4v) is 5.40. The largest absolute Gasteiger partial charge is 0.381 e. The molecule has 2 aliphatic rings. The van der Waals surface area contributed by atoms with Gasteiger partial charge in [-0.05, 0) is 86.0 Å². The first kappa shape index (κ1) is 21.9. The van der Waals surface area contributed by atoms with Crippen LogP contribution < -0.4 is 16.0 Å². The molecule has 1 saturated heterocycles. The lowest BCUT2D eigenvalue weighted by molar-refractivity contribution is 0.102. The second-order valence-corrected chi connectivity index (χ2v) is 9.49. The summed E-state index contributed by atoms with van der Waals surface area (Å²) >= 11 is 5.93. The molecule has 33 heavy (non-hydrogen) atoms. The van der Waals surface area contributed by atoms with Crippen LogP contribution in [0.2, 0.25) is 5.02 Å². The second-order valence-electron chi connectivity index (χ2n) is 9.06. The molecular formula is C27H29ClN4O. The van der Waals surface area contributed by atoms with Crippen LogP contribution in [0.3, 0.4) is 0 Å². The summed E-state index contributed by atoms with van der Waals surface area (Å²) in [5.41, 5.74) is 4.43. The summed E-state index contributed by atoms with van der Waals surface area (Å²) < 4.78 is 0. The minimum atomic E-state index is -0.174. The van der Waals surface area contributed by atoms with Crippen LogP contribution in [-0.4, -0.2) is 30.0 Å². The van der Waals surface area contributed by atoms with E-state index in [4.69, 9.17) is 11.6 Å². The highest BCUT2D eigenvalue weighted by Gasteiger charge is 2.35. The van der Waals surface area contributed by atoms with E-state index in [1.807, 2.05) is 24.3 Å². The van der Waals surface area contributed by atoms with Crippen molar-refractivity contribution in [2.24, 2.45) is 11.8 Å². The van der Waals surface area contributed by atoms with Gasteiger partial charge in [-0.3, -0.25) is 4.79 Å². The Kier molecular flexibility index (Phi) is 6.60. The van der Waals surface area contributed by atoms with Gasteiger partial charge in [-0.2, -0.15) is 0 Å². The Hall–Kier alpha value is -2.89. The highest BCUT2D eigenvalue weighted by Crippen LogP contribution is 2.36. The number of nitrogens with one attached hydrogen (secondary N) is 3. The number of pyridine rings is 1. The monoisotopic (exact) mass is 460 g/mol. The van der Waals surface area contributed by atoms with Gasteiger partial charge in [0.2, 0.25) is 0 Å². The topological polar surface area (TPSA) is 66.0 Å². The number of piperidine rings is 1. The molecule has 0 spiro atoms. The molecule has 2 aromatic carbocycles. The quantitative estimate of drug-likeness (QED) is 0.474. The molecule has 5 rings (SSSR count). The SMILES string of the molecule is O=C(Nc1ccc(Cl)cn1)c1ccccc1NC(C1CCNCC1)C1Cc2ccccc2C1. The van der Waals surface area contributed by atoms with Gasteiger partial charge in [0, 0.05) is 17.9 Å². The number of halogens is 1. The zero-order valence-corrected chi connectivity index (χ0v) is 19.3. The number of amides is 1. The van der Waals surface area contributed by atoms with Crippen molar-refractivity contribution in [1.29, 1.82) is 0 Å². The first-order chi connectivity index (χ1) is 16.2. The molecule has 1 fully saturated rings. The van der Waals surface area contributed by atoms with E-state index in [1.54, 1.807) is 12.1 Å². The van der Waals surface area contributed by atoms with Gasteiger partial charge in [0.25, 0.3) is 5.91 Å². The Morgan fingerprint density at radius 3 is 2.33 bits per heavy atom. The molecule has 1 aromatic heterocycles. The predicted octanol–water partition coefficient (Wildman–Crippen LogP) is 5.18. The Bertz CT molecular complexity index is 1090. The zero-order valence-electron chi connectivity index (χ0n) is 18.6. The molecule has 1 aliphatic heterocycles. The van der Waals surface area contributed by atoms with Crippen LogP contribution >= 0.6 is 11.6 Å². The highest BCUT2D eigenvalue weighted by molar-refractivity contribution is 6.30. The van der Waals surface area contributed by atoms with E-state index in [9.17, 15) is 4.79 Å². The second kappa shape index (κ2) is 9.94. The Morgan fingerprint density at radius 1 is 0.939 bits per heavy atom. The first-order valence-electron chi connectivity index (χ1n) is 11.7. The minimum Gasteiger partial charge on any atom is -0.381 e. The molecule has 5 nitrogen and oxygen atoms in total. The number of carbonyl (C=O) groups is 1. The fourth-order valence-electron chi connectivity index (χ4n) is 5.29. The number of hydrogen-bond donors (Lipinski definition) is 3. The van der Waals surface area contributed by atoms with Crippen molar-refractivity contribution < 1.29 is 4.79 Å². The van der Waals surface area contributed by atoms with Crippen molar-refractivity contribution in [3.05, 3.63) is 88.6 Å². The number of para-hydroxylation sites is 1. The standard InChI is InChI=1S/C27H29ClN4O/c28-22-9-10-25(30-17-22)32-27(33)23-7-3-4-8-24(23)31-26(18-11-13-29-14-12-18)21-15-19-5-1-2-6-20(19)16-21/h1-10,17-18,21,26,29,31H,11-16H2,(H,30,32,33). The van der Waals surface area contributed by atoms with Gasteiger partial charge in [-0.15, -0.1) is 0 Å². The molecule has 6 heteroatoms. The Labute approximate surface area is 200 Å². The van der Waals surface area contributed by atoms with Crippen LogP contribution in [0.5, 0.6) is 0 Å². The summed E-state index contributed by atoms with van der Waals surface area (Å²) in [5, 5.41) is 10.8. The summed E-state index contributed by atoms with van der Waals surface area (Å²) in [6.45, 7) is 2.10. The van der Waals surface area contributed by atoms with Gasteiger partial charge in [0.1, 0.15) is 5.82 Å². The number of benzene rings is 2. The number of fused-ring (bicyclic) bond motifs is 1. The third-order valence-electron chi connectivity index (χ3n) is 6.94. The molecule has 3 aromatic rings. The summed E-state index contributed by atoms with van der Waals surface area (Å²) in [7, 11) is 0. The molecule has 2 heterocycles. The molecule has 0 bridgehead atoms. The third kappa shape index (κ3) is 5.05. The summed E-state index contributed by atoms with van der Waals surface area (Å²) in [4.78, 5) is 17.3. The molecule has 1 amide bonds. The third-order valence-corrected chi connectivity index (χ3v) is 7.17. The number of hydrogen-bond acceptors (Lipinski definition) is 4. The number of anilines is 2. The van der Waals surface area contributed by atoms with E-state index in [2.05, 4.69) is 45.2 Å². The van der Waals surface area contributed by atoms with Crippen LogP contribution in [0.15, 0.2) is 66.9 Å². The maximum absolute atomic E-state index is 13.1. The van der Waals surface area contributed by atoms with Crippen molar-refractivity contribution in [1.82, 2.24) is 10.3 Å². The highest BCUT2D eigenvalue weighted by atomic mass is 35.5. The fraction of sp³-hybridized carbons (Fsp3) is 0.333. The van der Waals surface area contributed by atoms with E-state index in [1.165, 1.54) is 17.3 Å². The number of rotatable bonds is 6. The van der Waals surface area contributed by atoms with E-state index in [0.717, 1.165) is 44.5 Å². The number of carbonyl (C=O) groups excluding carboxylic acids is 1. The molecule has 1 aliphatic carbocycles.